The average molecular weight is 311 g/mol. The molecule has 2 N–H and O–H groups in total. The minimum absolute atomic E-state index is 0. The summed E-state index contributed by atoms with van der Waals surface area (Å²) in [6.45, 7) is 2.93. The summed E-state index contributed by atoms with van der Waals surface area (Å²) in [5, 5.41) is 4.07. The molecule has 1 aliphatic rings. The Morgan fingerprint density at radius 2 is 2.26 bits per heavy atom. The number of rotatable bonds is 4. The third-order valence-electron chi connectivity index (χ3n) is 2.87. The lowest BCUT2D eigenvalue weighted by molar-refractivity contribution is -0.138. The van der Waals surface area contributed by atoms with E-state index < -0.39 is 0 Å². The van der Waals surface area contributed by atoms with Crippen LogP contribution in [-0.4, -0.2) is 52.9 Å². The first-order valence-corrected chi connectivity index (χ1v) is 5.86. The number of morpholine rings is 1. The van der Waals surface area contributed by atoms with Gasteiger partial charge in [-0.3, -0.25) is 9.48 Å². The molecule has 1 unspecified atom stereocenters. The minimum atomic E-state index is -0.0163. The lowest BCUT2D eigenvalue weighted by atomic mass is 10.2. The summed E-state index contributed by atoms with van der Waals surface area (Å²) in [4.78, 5) is 13.8. The van der Waals surface area contributed by atoms with Gasteiger partial charge >= 0.3 is 0 Å². The maximum atomic E-state index is 11.9. The predicted molar refractivity (Wildman–Crippen MR) is 76.7 cm³/mol. The molecule has 1 aromatic heterocycles. The van der Waals surface area contributed by atoms with Crippen molar-refractivity contribution in [3.63, 3.8) is 0 Å². The summed E-state index contributed by atoms with van der Waals surface area (Å²) < 4.78 is 7.18. The highest BCUT2D eigenvalue weighted by atomic mass is 35.5. The van der Waals surface area contributed by atoms with Crippen LogP contribution in [0.5, 0.6) is 0 Å². The highest BCUT2D eigenvalue weighted by Crippen LogP contribution is 2.06. The van der Waals surface area contributed by atoms with Crippen LogP contribution in [0.4, 0.5) is 0 Å². The van der Waals surface area contributed by atoms with Crippen LogP contribution in [-0.2, 0) is 16.1 Å². The summed E-state index contributed by atoms with van der Waals surface area (Å²) >= 11 is 0. The van der Waals surface area contributed by atoms with Gasteiger partial charge in [0.15, 0.2) is 0 Å². The summed E-state index contributed by atoms with van der Waals surface area (Å²) in [5.74, 6) is 0.141. The first kappa shape index (κ1) is 18.2. The van der Waals surface area contributed by atoms with Crippen LogP contribution in [0.15, 0.2) is 18.5 Å². The summed E-state index contributed by atoms with van der Waals surface area (Å²) in [6, 6.07) is 1.85. The van der Waals surface area contributed by atoms with E-state index in [9.17, 15) is 4.79 Å². The standard InChI is InChI=1S/C11H18N4O2.2ClH/c12-8-10-9-14(6-7-17-10)11(16)2-5-15-4-1-3-13-15;;/h1,3-4,10H,2,5-9,12H2;2*1H. The zero-order valence-electron chi connectivity index (χ0n) is 10.6. The molecule has 0 radical (unpaired) electrons. The summed E-state index contributed by atoms with van der Waals surface area (Å²) in [6.07, 6.45) is 4.02. The molecular formula is C11H20Cl2N4O2. The number of carbonyl (C=O) groups excluding carboxylic acids is 1. The molecule has 2 heterocycles. The van der Waals surface area contributed by atoms with Gasteiger partial charge in [0.1, 0.15) is 0 Å². The smallest absolute Gasteiger partial charge is 0.224 e. The fraction of sp³-hybridized carbons (Fsp3) is 0.636. The van der Waals surface area contributed by atoms with Gasteiger partial charge in [0.25, 0.3) is 0 Å². The number of ether oxygens (including phenoxy) is 1. The van der Waals surface area contributed by atoms with Crippen molar-refractivity contribution in [3.8, 4) is 0 Å². The largest absolute Gasteiger partial charge is 0.373 e. The topological polar surface area (TPSA) is 73.4 Å². The van der Waals surface area contributed by atoms with Crippen molar-refractivity contribution in [2.24, 2.45) is 5.73 Å². The van der Waals surface area contributed by atoms with Gasteiger partial charge in [-0.25, -0.2) is 0 Å². The molecule has 1 saturated heterocycles. The molecule has 6 nitrogen and oxygen atoms in total. The SMILES string of the molecule is Cl.Cl.NCC1CN(C(=O)CCn2cccn2)CCO1. The maximum absolute atomic E-state index is 11.9. The molecule has 0 aliphatic carbocycles. The van der Waals surface area contributed by atoms with Crippen molar-refractivity contribution in [3.05, 3.63) is 18.5 Å². The minimum Gasteiger partial charge on any atom is -0.373 e. The van der Waals surface area contributed by atoms with E-state index in [1.54, 1.807) is 10.9 Å². The molecule has 110 valence electrons. The van der Waals surface area contributed by atoms with Crippen molar-refractivity contribution in [2.75, 3.05) is 26.2 Å². The van der Waals surface area contributed by atoms with E-state index in [0.29, 0.717) is 39.2 Å². The van der Waals surface area contributed by atoms with E-state index in [4.69, 9.17) is 10.5 Å². The molecule has 0 saturated carbocycles. The van der Waals surface area contributed by atoms with E-state index in [-0.39, 0.29) is 36.8 Å². The normalized spacial score (nSPS) is 18.4. The quantitative estimate of drug-likeness (QED) is 0.868. The molecular weight excluding hydrogens is 291 g/mol. The molecule has 1 fully saturated rings. The number of aryl methyl sites for hydroxylation is 1. The molecule has 19 heavy (non-hydrogen) atoms. The molecule has 0 bridgehead atoms. The average Bonchev–Trinajstić information content (AvgIpc) is 2.89. The highest BCUT2D eigenvalue weighted by molar-refractivity contribution is 5.85. The third-order valence-corrected chi connectivity index (χ3v) is 2.87. The number of aromatic nitrogens is 2. The molecule has 0 spiro atoms. The second-order valence-corrected chi connectivity index (χ2v) is 4.09. The van der Waals surface area contributed by atoms with Crippen LogP contribution < -0.4 is 5.73 Å². The van der Waals surface area contributed by atoms with Crippen LogP contribution >= 0.6 is 24.8 Å². The van der Waals surface area contributed by atoms with Crippen molar-refractivity contribution in [2.45, 2.75) is 19.1 Å². The lowest BCUT2D eigenvalue weighted by Crippen LogP contribution is -2.48. The highest BCUT2D eigenvalue weighted by Gasteiger charge is 2.22. The van der Waals surface area contributed by atoms with Gasteiger partial charge < -0.3 is 15.4 Å². The Labute approximate surface area is 125 Å². The molecule has 1 aromatic rings. The second kappa shape index (κ2) is 9.14. The maximum Gasteiger partial charge on any atom is 0.224 e. The van der Waals surface area contributed by atoms with Crippen LogP contribution in [0.1, 0.15) is 6.42 Å². The molecule has 0 aromatic carbocycles. The number of amides is 1. The lowest BCUT2D eigenvalue weighted by Gasteiger charge is -2.32. The van der Waals surface area contributed by atoms with E-state index in [0.717, 1.165) is 0 Å². The fourth-order valence-electron chi connectivity index (χ4n) is 1.89. The van der Waals surface area contributed by atoms with Gasteiger partial charge in [-0.2, -0.15) is 5.10 Å². The molecule has 2 rings (SSSR count). The predicted octanol–water partition coefficient (Wildman–Crippen LogP) is 0.303. The number of carbonyl (C=O) groups is 1. The van der Waals surface area contributed by atoms with E-state index in [1.807, 2.05) is 17.2 Å². The number of nitrogens with zero attached hydrogens (tertiary/aromatic N) is 3. The zero-order chi connectivity index (χ0) is 12.1. The first-order chi connectivity index (χ1) is 8.29. The van der Waals surface area contributed by atoms with Crippen LogP contribution in [0.25, 0.3) is 0 Å². The van der Waals surface area contributed by atoms with E-state index >= 15 is 0 Å². The van der Waals surface area contributed by atoms with Crippen molar-refractivity contribution >= 4 is 30.7 Å². The Bertz CT molecular complexity index is 362. The van der Waals surface area contributed by atoms with Crippen molar-refractivity contribution in [1.82, 2.24) is 14.7 Å². The van der Waals surface area contributed by atoms with Crippen LogP contribution in [0, 0.1) is 0 Å². The number of nitrogens with two attached hydrogens (primary N) is 1. The summed E-state index contributed by atoms with van der Waals surface area (Å²) in [5.41, 5.74) is 5.54. The number of halogens is 2. The van der Waals surface area contributed by atoms with Crippen LogP contribution in [0.3, 0.4) is 0 Å². The zero-order valence-corrected chi connectivity index (χ0v) is 12.2. The summed E-state index contributed by atoms with van der Waals surface area (Å²) in [7, 11) is 0. The third kappa shape index (κ3) is 5.36. The Morgan fingerprint density at radius 3 is 2.89 bits per heavy atom. The van der Waals surface area contributed by atoms with Crippen molar-refractivity contribution in [1.29, 1.82) is 0 Å². The van der Waals surface area contributed by atoms with Crippen molar-refractivity contribution < 1.29 is 9.53 Å². The number of hydrogen-bond donors (Lipinski definition) is 1. The molecule has 1 atom stereocenters. The van der Waals surface area contributed by atoms with E-state index in [1.165, 1.54) is 0 Å². The van der Waals surface area contributed by atoms with Gasteiger partial charge in [-0.05, 0) is 6.07 Å². The van der Waals surface area contributed by atoms with Gasteiger partial charge in [0.2, 0.25) is 5.91 Å². The number of hydrogen-bond acceptors (Lipinski definition) is 4. The molecule has 1 amide bonds. The Morgan fingerprint density at radius 1 is 1.47 bits per heavy atom. The van der Waals surface area contributed by atoms with Gasteiger partial charge in [0, 0.05) is 45.0 Å². The Hall–Kier alpha value is -0.820. The first-order valence-electron chi connectivity index (χ1n) is 5.86. The van der Waals surface area contributed by atoms with Gasteiger partial charge in [-0.15, -0.1) is 24.8 Å². The van der Waals surface area contributed by atoms with Gasteiger partial charge in [-0.1, -0.05) is 0 Å². The fourth-order valence-corrected chi connectivity index (χ4v) is 1.89. The second-order valence-electron chi connectivity index (χ2n) is 4.09. The Kier molecular flexibility index (Phi) is 8.75. The van der Waals surface area contributed by atoms with E-state index in [2.05, 4.69) is 5.10 Å². The molecule has 1 aliphatic heterocycles. The van der Waals surface area contributed by atoms with Gasteiger partial charge in [0.05, 0.1) is 12.7 Å². The Balaban J connectivity index is 0.00000162. The van der Waals surface area contributed by atoms with Crippen LogP contribution in [0.2, 0.25) is 0 Å². The monoisotopic (exact) mass is 310 g/mol. The molecule has 8 heteroatoms.